The molecule has 0 aliphatic heterocycles. The fourth-order valence-electron chi connectivity index (χ4n) is 1.08. The molecule has 0 saturated carbocycles. The van der Waals surface area contributed by atoms with Crippen LogP contribution in [0.3, 0.4) is 0 Å². The van der Waals surface area contributed by atoms with Crippen LogP contribution in [0.2, 0.25) is 0 Å². The molecule has 2 aromatic heterocycles. The first kappa shape index (κ1) is 12.4. The summed E-state index contributed by atoms with van der Waals surface area (Å²) >= 11 is 3.58. The Morgan fingerprint density at radius 3 is 2.94 bits per heavy atom. The van der Waals surface area contributed by atoms with Gasteiger partial charge in [-0.2, -0.15) is 4.37 Å². The monoisotopic (exact) mass is 289 g/mol. The zero-order valence-electron chi connectivity index (χ0n) is 8.56. The molecule has 2 aromatic rings. The molecule has 0 aliphatic carbocycles. The molecule has 90 valence electrons. The molecule has 0 unspecified atom stereocenters. The van der Waals surface area contributed by atoms with Crippen molar-refractivity contribution in [2.24, 2.45) is 0 Å². The number of aliphatic hydroxyl groups excluding tert-OH is 1. The Kier molecular flexibility index (Phi) is 3.72. The zero-order chi connectivity index (χ0) is 12.4. The molecule has 2 rings (SSSR count). The van der Waals surface area contributed by atoms with Gasteiger partial charge in [-0.15, -0.1) is 11.3 Å². The Balaban J connectivity index is 2.34. The molecule has 0 amide bonds. The zero-order valence-corrected chi connectivity index (χ0v) is 11.0. The molecule has 1 N–H and O–H groups in total. The molecule has 6 nitrogen and oxygen atoms in total. The smallest absolute Gasteiger partial charge is 0.294 e. The maximum atomic E-state index is 10.9. The van der Waals surface area contributed by atoms with Crippen molar-refractivity contribution in [2.45, 2.75) is 21.6 Å². The highest BCUT2D eigenvalue weighted by molar-refractivity contribution is 8.02. The number of hydrogen-bond acceptors (Lipinski definition) is 8. The van der Waals surface area contributed by atoms with Crippen LogP contribution >= 0.6 is 34.6 Å². The lowest BCUT2D eigenvalue weighted by molar-refractivity contribution is -0.387. The van der Waals surface area contributed by atoms with Gasteiger partial charge in [0.25, 0.3) is 5.69 Å². The molecule has 2 heterocycles. The minimum atomic E-state index is -0.706. The van der Waals surface area contributed by atoms with Crippen molar-refractivity contribution < 1.29 is 10.0 Å². The van der Waals surface area contributed by atoms with E-state index in [9.17, 15) is 15.2 Å². The van der Waals surface area contributed by atoms with Crippen molar-refractivity contribution in [2.75, 3.05) is 0 Å². The molecule has 0 saturated heterocycles. The van der Waals surface area contributed by atoms with E-state index in [1.807, 2.05) is 0 Å². The molecule has 0 aromatic carbocycles. The second-order valence-corrected chi connectivity index (χ2v) is 6.44. The van der Waals surface area contributed by atoms with Crippen LogP contribution in [0.5, 0.6) is 0 Å². The largest absolute Gasteiger partial charge is 0.388 e. The van der Waals surface area contributed by atoms with Gasteiger partial charge in [0, 0.05) is 10.9 Å². The van der Waals surface area contributed by atoms with E-state index in [0.29, 0.717) is 13.4 Å². The van der Waals surface area contributed by atoms with Crippen molar-refractivity contribution >= 4 is 40.3 Å². The lowest BCUT2D eigenvalue weighted by Crippen LogP contribution is -1.87. The summed E-state index contributed by atoms with van der Waals surface area (Å²) in [6, 6.07) is 1.40. The Morgan fingerprint density at radius 1 is 1.65 bits per heavy atom. The first-order valence-electron chi connectivity index (χ1n) is 4.48. The summed E-state index contributed by atoms with van der Waals surface area (Å²) in [7, 11) is 0. The van der Waals surface area contributed by atoms with Crippen LogP contribution < -0.4 is 0 Å². The van der Waals surface area contributed by atoms with Crippen molar-refractivity contribution in [3.05, 3.63) is 27.4 Å². The predicted molar refractivity (Wildman–Crippen MR) is 65.6 cm³/mol. The molecular formula is C8H7N3O3S3. The van der Waals surface area contributed by atoms with Crippen molar-refractivity contribution in [3.8, 4) is 0 Å². The Morgan fingerprint density at radius 2 is 2.41 bits per heavy atom. The van der Waals surface area contributed by atoms with Crippen LogP contribution in [-0.4, -0.2) is 19.4 Å². The van der Waals surface area contributed by atoms with E-state index in [2.05, 4.69) is 9.36 Å². The quantitative estimate of drug-likeness (QED) is 0.687. The summed E-state index contributed by atoms with van der Waals surface area (Å²) in [6.07, 6.45) is 0.699. The fraction of sp³-hybridized carbons (Fsp3) is 0.250. The maximum absolute atomic E-state index is 10.9. The minimum Gasteiger partial charge on any atom is -0.388 e. The van der Waals surface area contributed by atoms with Crippen molar-refractivity contribution in [1.29, 1.82) is 0 Å². The number of nitrogens with zero attached hydrogens (tertiary/aromatic N) is 3. The molecular weight excluding hydrogens is 282 g/mol. The normalized spacial score (nSPS) is 12.6. The van der Waals surface area contributed by atoms with Gasteiger partial charge < -0.3 is 5.11 Å². The third-order valence-electron chi connectivity index (χ3n) is 1.83. The number of aliphatic hydroxyl groups is 1. The summed E-state index contributed by atoms with van der Waals surface area (Å²) in [5.74, 6) is 0. The highest BCUT2D eigenvalue weighted by atomic mass is 32.2. The van der Waals surface area contributed by atoms with Gasteiger partial charge in [-0.25, -0.2) is 4.98 Å². The van der Waals surface area contributed by atoms with E-state index in [0.717, 1.165) is 0 Å². The predicted octanol–water partition coefficient (Wildman–Crippen LogP) is 2.71. The fourth-order valence-corrected chi connectivity index (χ4v) is 4.02. The molecule has 0 fully saturated rings. The van der Waals surface area contributed by atoms with Crippen LogP contribution in [0.1, 0.15) is 17.9 Å². The molecule has 0 aliphatic rings. The Labute approximate surface area is 109 Å². The maximum Gasteiger partial charge on any atom is 0.294 e. The summed E-state index contributed by atoms with van der Waals surface area (Å²) < 4.78 is 4.99. The SMILES string of the molecule is C[C@@H](O)c1cc([N+](=O)[O-])c(Sc2ncns2)s1. The average molecular weight is 289 g/mol. The van der Waals surface area contributed by atoms with Crippen LogP contribution in [0.4, 0.5) is 5.69 Å². The standard InChI is InChI=1S/C8H7N3O3S3/c1-4(12)6-2-5(11(13)14)7(15-6)16-8-9-3-10-17-8/h2-4,12H,1H3/t4-/m1/s1. The molecule has 0 radical (unpaired) electrons. The van der Waals surface area contributed by atoms with E-state index >= 15 is 0 Å². The third kappa shape index (κ3) is 2.80. The van der Waals surface area contributed by atoms with Crippen molar-refractivity contribution in [1.82, 2.24) is 9.36 Å². The highest BCUT2D eigenvalue weighted by Crippen LogP contribution is 2.43. The van der Waals surface area contributed by atoms with Gasteiger partial charge in [0.1, 0.15) is 10.5 Å². The number of rotatable bonds is 4. The second kappa shape index (κ2) is 5.08. The second-order valence-electron chi connectivity index (χ2n) is 3.06. The number of hydrogen-bond donors (Lipinski definition) is 1. The minimum absolute atomic E-state index is 0.00565. The Hall–Kier alpha value is -1.03. The van der Waals surface area contributed by atoms with Crippen LogP contribution in [0.25, 0.3) is 0 Å². The highest BCUT2D eigenvalue weighted by Gasteiger charge is 2.22. The summed E-state index contributed by atoms with van der Waals surface area (Å²) in [5.41, 5.74) is 0.00565. The topological polar surface area (TPSA) is 89.2 Å². The third-order valence-corrected chi connectivity index (χ3v) is 5.03. The lowest BCUT2D eigenvalue weighted by Gasteiger charge is -1.95. The first-order chi connectivity index (χ1) is 8.08. The summed E-state index contributed by atoms with van der Waals surface area (Å²) in [4.78, 5) is 14.9. The molecule has 0 spiro atoms. The number of aromatic nitrogens is 2. The van der Waals surface area contributed by atoms with E-state index in [-0.39, 0.29) is 5.69 Å². The van der Waals surface area contributed by atoms with Crippen LogP contribution in [-0.2, 0) is 0 Å². The average Bonchev–Trinajstić information content (AvgIpc) is 2.87. The van der Waals surface area contributed by atoms with Gasteiger partial charge in [0.15, 0.2) is 4.34 Å². The van der Waals surface area contributed by atoms with Gasteiger partial charge in [0.2, 0.25) is 0 Å². The molecule has 9 heteroatoms. The van der Waals surface area contributed by atoms with Crippen LogP contribution in [0, 0.1) is 10.1 Å². The van der Waals surface area contributed by atoms with Gasteiger partial charge in [-0.1, -0.05) is 0 Å². The van der Waals surface area contributed by atoms with Gasteiger partial charge in [-0.05, 0) is 30.2 Å². The van der Waals surface area contributed by atoms with Crippen molar-refractivity contribution in [3.63, 3.8) is 0 Å². The van der Waals surface area contributed by atoms with E-state index in [1.54, 1.807) is 6.92 Å². The molecule has 17 heavy (non-hydrogen) atoms. The van der Waals surface area contributed by atoms with E-state index in [1.165, 1.54) is 47.0 Å². The Bertz CT molecular complexity index is 523. The van der Waals surface area contributed by atoms with E-state index < -0.39 is 11.0 Å². The summed E-state index contributed by atoms with van der Waals surface area (Å²) in [6.45, 7) is 1.58. The molecule has 1 atom stereocenters. The lowest BCUT2D eigenvalue weighted by atomic mass is 10.3. The summed E-state index contributed by atoms with van der Waals surface area (Å²) in [5, 5.41) is 20.3. The first-order valence-corrected chi connectivity index (χ1v) is 6.89. The van der Waals surface area contributed by atoms with E-state index in [4.69, 9.17) is 0 Å². The van der Waals surface area contributed by atoms with Gasteiger partial charge >= 0.3 is 0 Å². The number of nitro groups is 1. The molecule has 0 bridgehead atoms. The van der Waals surface area contributed by atoms with Gasteiger partial charge in [-0.3, -0.25) is 10.1 Å². The van der Waals surface area contributed by atoms with Crippen LogP contribution in [0.15, 0.2) is 20.9 Å². The van der Waals surface area contributed by atoms with Gasteiger partial charge in [0.05, 0.1) is 11.0 Å². The number of thiophene rings is 1.